The number of imidazole rings is 1. The van der Waals surface area contributed by atoms with Crippen molar-refractivity contribution in [3.05, 3.63) is 59.2 Å². The van der Waals surface area contributed by atoms with Crippen LogP contribution < -0.4 is 5.32 Å². The third-order valence-corrected chi connectivity index (χ3v) is 7.14. The highest BCUT2D eigenvalue weighted by atomic mass is 19.1. The first-order chi connectivity index (χ1) is 18.4. The Morgan fingerprint density at radius 2 is 1.85 bits per heavy atom. The molecule has 3 aromatic heterocycles. The average molecular weight is 535 g/mol. The third kappa shape index (κ3) is 5.49. The number of fused-ring (bicyclic) bond motifs is 2. The molecular formula is C29H36F2N8. The van der Waals surface area contributed by atoms with Gasteiger partial charge in [0.15, 0.2) is 11.6 Å². The molecule has 0 unspecified atom stereocenters. The molecule has 0 saturated heterocycles. The van der Waals surface area contributed by atoms with E-state index in [-0.39, 0.29) is 22.7 Å². The molecular weight excluding hydrogens is 498 g/mol. The lowest BCUT2D eigenvalue weighted by Gasteiger charge is -2.34. The van der Waals surface area contributed by atoms with Crippen LogP contribution in [-0.2, 0) is 18.5 Å². The van der Waals surface area contributed by atoms with Gasteiger partial charge < -0.3 is 14.8 Å². The first kappa shape index (κ1) is 27.1. The van der Waals surface area contributed by atoms with Crippen molar-refractivity contribution in [2.24, 2.45) is 0 Å². The number of hydrogen-bond donors (Lipinski definition) is 1. The van der Waals surface area contributed by atoms with Crippen molar-refractivity contribution in [1.29, 1.82) is 0 Å². The largest absolute Gasteiger partial charge is 0.323 e. The highest BCUT2D eigenvalue weighted by Crippen LogP contribution is 2.32. The van der Waals surface area contributed by atoms with Crippen LogP contribution in [0.1, 0.15) is 44.8 Å². The molecule has 0 saturated carbocycles. The second-order valence-corrected chi connectivity index (χ2v) is 11.6. The first-order valence-corrected chi connectivity index (χ1v) is 13.3. The maximum atomic E-state index is 15.1. The van der Waals surface area contributed by atoms with Gasteiger partial charge in [0.25, 0.3) is 0 Å². The van der Waals surface area contributed by atoms with Gasteiger partial charge in [0.2, 0.25) is 5.95 Å². The molecule has 0 fully saturated rings. The van der Waals surface area contributed by atoms with E-state index in [0.717, 1.165) is 37.9 Å². The Morgan fingerprint density at radius 3 is 2.56 bits per heavy atom. The van der Waals surface area contributed by atoms with Crippen LogP contribution in [0.5, 0.6) is 0 Å². The molecule has 0 bridgehead atoms. The van der Waals surface area contributed by atoms with Crippen molar-refractivity contribution in [2.45, 2.75) is 59.2 Å². The summed E-state index contributed by atoms with van der Waals surface area (Å²) in [6.07, 6.45) is 1.94. The minimum Gasteiger partial charge on any atom is -0.323 e. The van der Waals surface area contributed by atoms with Crippen LogP contribution in [0.3, 0.4) is 0 Å². The Bertz CT molecular complexity index is 1520. The van der Waals surface area contributed by atoms with Crippen molar-refractivity contribution >= 4 is 22.8 Å². The topological polar surface area (TPSA) is 75.0 Å². The Labute approximate surface area is 228 Å². The van der Waals surface area contributed by atoms with Crippen LogP contribution in [0.2, 0.25) is 0 Å². The van der Waals surface area contributed by atoms with Crippen LogP contribution in [-0.4, -0.2) is 67.5 Å². The van der Waals surface area contributed by atoms with Crippen molar-refractivity contribution in [3.8, 4) is 11.3 Å². The van der Waals surface area contributed by atoms with E-state index >= 15 is 4.39 Å². The number of hydrogen-bond acceptors (Lipinski definition) is 7. The zero-order valence-corrected chi connectivity index (χ0v) is 23.7. The molecule has 8 nitrogen and oxygen atoms in total. The van der Waals surface area contributed by atoms with Gasteiger partial charge in [-0.05, 0) is 72.5 Å². The second-order valence-electron chi connectivity index (χ2n) is 11.6. The van der Waals surface area contributed by atoms with Gasteiger partial charge in [-0.15, -0.1) is 0 Å². The third-order valence-electron chi connectivity index (χ3n) is 7.14. The number of benzene rings is 1. The molecule has 5 rings (SSSR count). The lowest BCUT2D eigenvalue weighted by Crippen LogP contribution is -2.43. The van der Waals surface area contributed by atoms with Gasteiger partial charge in [0.1, 0.15) is 22.9 Å². The number of nitrogens with one attached hydrogen (secondary N) is 1. The number of aromatic nitrogens is 5. The summed E-state index contributed by atoms with van der Waals surface area (Å²) in [7, 11) is 4.18. The molecule has 0 spiro atoms. The molecule has 1 aliphatic rings. The highest BCUT2D eigenvalue weighted by molar-refractivity contribution is 5.83. The normalized spacial score (nSPS) is 15.1. The number of anilines is 2. The summed E-state index contributed by atoms with van der Waals surface area (Å²) < 4.78 is 32.0. The Hall–Kier alpha value is -3.50. The van der Waals surface area contributed by atoms with E-state index in [9.17, 15) is 4.39 Å². The predicted octanol–water partition coefficient (Wildman–Crippen LogP) is 5.28. The molecule has 206 valence electrons. The molecule has 4 aromatic rings. The lowest BCUT2D eigenvalue weighted by atomic mass is 10.0. The van der Waals surface area contributed by atoms with E-state index in [1.165, 1.54) is 11.6 Å². The molecule has 39 heavy (non-hydrogen) atoms. The number of aryl methyl sites for hydroxylation is 1. The summed E-state index contributed by atoms with van der Waals surface area (Å²) in [5.74, 6) is 0.309. The summed E-state index contributed by atoms with van der Waals surface area (Å²) in [4.78, 5) is 22.4. The minimum absolute atomic E-state index is 0.0103. The Kier molecular flexibility index (Phi) is 7.11. The number of pyridine rings is 1. The number of rotatable bonds is 6. The quantitative estimate of drug-likeness (QED) is 0.361. The maximum Gasteiger partial charge on any atom is 0.229 e. The fourth-order valence-corrected chi connectivity index (χ4v) is 5.51. The molecule has 1 aliphatic heterocycles. The molecule has 0 radical (unpaired) electrons. The molecule has 10 heteroatoms. The first-order valence-electron chi connectivity index (χ1n) is 13.3. The standard InChI is InChI=1S/C29H36F2N8/c1-17(15-37(6)7)38-11-10-23-19(16-38)8-9-25(34-23)35-28-32-14-22(31)26(36-28)20-12-21(30)27-24(13-20)39(18(2)33-27)29(3,4)5/h8-9,12-14,17H,10-11,15-16H2,1-7H3,(H,32,34,35,36)/t17-/m0/s1. The van der Waals surface area contributed by atoms with Gasteiger partial charge >= 0.3 is 0 Å². The molecule has 1 N–H and O–H groups in total. The fraction of sp³-hybridized carbons (Fsp3) is 0.448. The number of nitrogens with zero attached hydrogens (tertiary/aromatic N) is 7. The lowest BCUT2D eigenvalue weighted by molar-refractivity contribution is 0.158. The van der Waals surface area contributed by atoms with Crippen LogP contribution in [0.4, 0.5) is 20.5 Å². The second kappa shape index (κ2) is 10.2. The number of likely N-dealkylation sites (N-methyl/N-ethyl adjacent to an activating group) is 1. The fourth-order valence-electron chi connectivity index (χ4n) is 5.51. The zero-order chi connectivity index (χ0) is 28.1. The Morgan fingerprint density at radius 1 is 1.08 bits per heavy atom. The van der Waals surface area contributed by atoms with E-state index in [4.69, 9.17) is 4.98 Å². The summed E-state index contributed by atoms with van der Waals surface area (Å²) in [5.41, 5.74) is 3.08. The summed E-state index contributed by atoms with van der Waals surface area (Å²) >= 11 is 0. The van der Waals surface area contributed by atoms with Crippen molar-refractivity contribution < 1.29 is 8.78 Å². The van der Waals surface area contributed by atoms with Gasteiger partial charge in [-0.25, -0.2) is 28.7 Å². The van der Waals surface area contributed by atoms with Crippen LogP contribution in [0.25, 0.3) is 22.3 Å². The van der Waals surface area contributed by atoms with Crippen molar-refractivity contribution in [2.75, 3.05) is 32.5 Å². The van der Waals surface area contributed by atoms with Crippen molar-refractivity contribution in [3.63, 3.8) is 0 Å². The molecule has 1 atom stereocenters. The van der Waals surface area contributed by atoms with E-state index in [0.29, 0.717) is 28.8 Å². The van der Waals surface area contributed by atoms with Crippen LogP contribution >= 0.6 is 0 Å². The molecule has 4 heterocycles. The molecule has 0 aliphatic carbocycles. The average Bonchev–Trinajstić information content (AvgIpc) is 3.21. The number of halogens is 2. The SMILES string of the molecule is Cc1nc2c(F)cc(-c3nc(Nc4ccc5c(n4)CCN([C@@H](C)CN(C)C)C5)ncc3F)cc2n1C(C)(C)C. The van der Waals surface area contributed by atoms with Gasteiger partial charge in [0, 0.05) is 48.9 Å². The van der Waals surface area contributed by atoms with Crippen LogP contribution in [0, 0.1) is 18.6 Å². The van der Waals surface area contributed by atoms with E-state index in [2.05, 4.69) is 57.2 Å². The van der Waals surface area contributed by atoms with E-state index in [1.54, 1.807) is 6.07 Å². The highest BCUT2D eigenvalue weighted by Gasteiger charge is 2.24. The van der Waals surface area contributed by atoms with Crippen LogP contribution in [0.15, 0.2) is 30.5 Å². The van der Waals surface area contributed by atoms with Gasteiger partial charge in [-0.2, -0.15) is 0 Å². The summed E-state index contributed by atoms with van der Waals surface area (Å²) in [6, 6.07) is 7.42. The Balaban J connectivity index is 1.42. The maximum absolute atomic E-state index is 15.1. The van der Waals surface area contributed by atoms with E-state index < -0.39 is 11.6 Å². The van der Waals surface area contributed by atoms with E-state index in [1.807, 2.05) is 38.3 Å². The van der Waals surface area contributed by atoms with Crippen molar-refractivity contribution in [1.82, 2.24) is 34.3 Å². The zero-order valence-electron chi connectivity index (χ0n) is 23.7. The smallest absolute Gasteiger partial charge is 0.229 e. The van der Waals surface area contributed by atoms with Gasteiger partial charge in [-0.3, -0.25) is 4.90 Å². The summed E-state index contributed by atoms with van der Waals surface area (Å²) in [5, 5.41) is 3.11. The minimum atomic E-state index is -0.636. The summed E-state index contributed by atoms with van der Waals surface area (Å²) in [6.45, 7) is 12.9. The molecule has 1 aromatic carbocycles. The van der Waals surface area contributed by atoms with Gasteiger partial charge in [0.05, 0.1) is 11.7 Å². The van der Waals surface area contributed by atoms with Gasteiger partial charge in [-0.1, -0.05) is 6.07 Å². The predicted molar refractivity (Wildman–Crippen MR) is 150 cm³/mol. The molecule has 0 amide bonds. The monoisotopic (exact) mass is 534 g/mol.